The van der Waals surface area contributed by atoms with Gasteiger partial charge in [0.25, 0.3) is 0 Å². The van der Waals surface area contributed by atoms with Crippen molar-refractivity contribution < 1.29 is 39.9 Å². The van der Waals surface area contributed by atoms with Gasteiger partial charge in [-0.2, -0.15) is 26.3 Å². The number of ketones is 1. The summed E-state index contributed by atoms with van der Waals surface area (Å²) in [5.41, 5.74) is 0.699. The minimum Gasteiger partial charge on any atom is -0.298 e. The van der Waals surface area contributed by atoms with Crippen LogP contribution in [0.2, 0.25) is 0 Å². The molecule has 6 rings (SSSR count). The van der Waals surface area contributed by atoms with Crippen LogP contribution in [0.3, 0.4) is 0 Å². The first-order valence-corrected chi connectivity index (χ1v) is 14.9. The summed E-state index contributed by atoms with van der Waals surface area (Å²) in [6, 6.07) is 21.0. The Balaban J connectivity index is 1.14. The number of nitrogens with zero attached hydrogens (tertiary/aromatic N) is 6. The Bertz CT molecular complexity index is 1920. The summed E-state index contributed by atoms with van der Waals surface area (Å²) >= 11 is 0. The van der Waals surface area contributed by atoms with E-state index < -0.39 is 54.4 Å². The lowest BCUT2D eigenvalue weighted by Crippen LogP contribution is -2.23. The maximum Gasteiger partial charge on any atom is 0.416 e. The van der Waals surface area contributed by atoms with Crippen LogP contribution in [0.4, 0.5) is 35.1 Å². The van der Waals surface area contributed by atoms with Gasteiger partial charge in [-0.25, -0.2) is 28.1 Å². The molecule has 0 aliphatic rings. The minimum absolute atomic E-state index is 0.236. The van der Waals surface area contributed by atoms with Crippen molar-refractivity contribution in [1.29, 1.82) is 0 Å². The van der Waals surface area contributed by atoms with E-state index in [0.717, 1.165) is 24.3 Å². The van der Waals surface area contributed by atoms with Gasteiger partial charge in [0.1, 0.15) is 26.0 Å². The van der Waals surface area contributed by atoms with Gasteiger partial charge in [0, 0.05) is 11.1 Å². The number of halogens is 8. The fourth-order valence-electron chi connectivity index (χ4n) is 5.28. The molecule has 0 fully saturated rings. The second-order valence-electron chi connectivity index (χ2n) is 11.2. The Hall–Kier alpha value is -5.73. The summed E-state index contributed by atoms with van der Waals surface area (Å²) in [5, 5.41) is 8.59. The van der Waals surface area contributed by atoms with Crippen molar-refractivity contribution in [2.45, 2.75) is 24.2 Å². The lowest BCUT2D eigenvalue weighted by molar-refractivity contribution is -0.138. The lowest BCUT2D eigenvalue weighted by atomic mass is 9.84. The summed E-state index contributed by atoms with van der Waals surface area (Å²) in [5.74, 6) is -2.75. The summed E-state index contributed by atoms with van der Waals surface area (Å²) in [6.45, 7) is -2.17. The molecule has 2 atom stereocenters. The molecule has 256 valence electrons. The van der Waals surface area contributed by atoms with Gasteiger partial charge in [-0.05, 0) is 59.7 Å². The maximum atomic E-state index is 14.3. The van der Waals surface area contributed by atoms with E-state index >= 15 is 0 Å². The highest BCUT2D eigenvalue weighted by molar-refractivity contribution is 5.92. The smallest absolute Gasteiger partial charge is 0.298 e. The van der Waals surface area contributed by atoms with Gasteiger partial charge in [-0.15, -0.1) is 10.2 Å². The average molecular weight is 697 g/mol. The van der Waals surface area contributed by atoms with E-state index in [1.807, 2.05) is 0 Å². The van der Waals surface area contributed by atoms with Gasteiger partial charge in [0.2, 0.25) is 0 Å². The number of rotatable bonds is 10. The third kappa shape index (κ3) is 7.16. The van der Waals surface area contributed by atoms with E-state index in [2.05, 4.69) is 20.2 Å². The molecule has 2 heterocycles. The first kappa shape index (κ1) is 34.1. The third-order valence-corrected chi connectivity index (χ3v) is 8.04. The maximum absolute atomic E-state index is 14.3. The van der Waals surface area contributed by atoms with Crippen LogP contribution in [0, 0.1) is 0 Å². The monoisotopic (exact) mass is 696 g/mol. The van der Waals surface area contributed by atoms with Crippen molar-refractivity contribution in [2.75, 3.05) is 13.3 Å². The molecule has 15 heteroatoms. The first-order valence-electron chi connectivity index (χ1n) is 14.9. The van der Waals surface area contributed by atoms with Gasteiger partial charge >= 0.3 is 12.4 Å². The molecule has 0 bridgehead atoms. The highest BCUT2D eigenvalue weighted by Gasteiger charge is 2.32. The number of hydrogen-bond acceptors (Lipinski definition) is 5. The zero-order valence-corrected chi connectivity index (χ0v) is 25.6. The van der Waals surface area contributed by atoms with Crippen LogP contribution in [0.5, 0.6) is 0 Å². The van der Waals surface area contributed by atoms with Crippen molar-refractivity contribution in [2.24, 2.45) is 0 Å². The third-order valence-electron chi connectivity index (χ3n) is 8.04. The van der Waals surface area contributed by atoms with Crippen LogP contribution < -0.4 is 0 Å². The zero-order chi connectivity index (χ0) is 35.6. The predicted octanol–water partition coefficient (Wildman–Crippen LogP) is 8.60. The zero-order valence-electron chi connectivity index (χ0n) is 25.6. The molecule has 0 radical (unpaired) electrons. The summed E-state index contributed by atoms with van der Waals surface area (Å²) in [4.78, 5) is 21.8. The Labute approximate surface area is 278 Å². The van der Waals surface area contributed by atoms with Crippen LogP contribution in [-0.2, 0) is 17.1 Å². The number of alkyl halides is 8. The van der Waals surface area contributed by atoms with E-state index in [0.29, 0.717) is 33.6 Å². The first-order chi connectivity index (χ1) is 23.9. The molecule has 0 aliphatic heterocycles. The summed E-state index contributed by atoms with van der Waals surface area (Å²) in [7, 11) is 0. The fourth-order valence-corrected chi connectivity index (χ4v) is 5.28. The van der Waals surface area contributed by atoms with Gasteiger partial charge in [-0.1, -0.05) is 48.5 Å². The quantitative estimate of drug-likeness (QED) is 0.134. The molecule has 2 unspecified atom stereocenters. The number of carbonyl (C=O) groups excluding carboxylic acids is 1. The second kappa shape index (κ2) is 13.6. The van der Waals surface area contributed by atoms with Crippen molar-refractivity contribution in [3.8, 4) is 34.2 Å². The fraction of sp³-hybridized carbons (Fsp3) is 0.171. The highest BCUT2D eigenvalue weighted by Crippen LogP contribution is 2.32. The Morgan fingerprint density at radius 2 is 0.880 bits per heavy atom. The molecule has 7 nitrogen and oxygen atoms in total. The Kier molecular flexibility index (Phi) is 9.32. The standard InChI is InChI=1S/C35H24F8N6O/c36-17-29(21-1-5-23(6-2-21)32-44-19-48(46-32)27-13-9-25(10-14-27)34(38,39)40)31(50)30(18-37)22-3-7-24(8-4-22)33-45-20-49(47-33)28-15-11-26(12-16-28)35(41,42)43/h1-16,19-20,29-30H,17-18H2. The molecule has 4 aromatic carbocycles. The summed E-state index contributed by atoms with van der Waals surface area (Å²) < 4.78 is 109. The topological polar surface area (TPSA) is 78.5 Å². The summed E-state index contributed by atoms with van der Waals surface area (Å²) in [6.07, 6.45) is -6.29. The molecule has 50 heavy (non-hydrogen) atoms. The molecule has 0 saturated heterocycles. The molecule has 0 aliphatic carbocycles. The lowest BCUT2D eigenvalue weighted by Gasteiger charge is -2.19. The number of Topliss-reactive ketones (excluding diaryl/α,β-unsaturated/α-hetero) is 1. The van der Waals surface area contributed by atoms with Gasteiger partial charge < -0.3 is 0 Å². The Morgan fingerprint density at radius 3 is 1.18 bits per heavy atom. The average Bonchev–Trinajstić information content (AvgIpc) is 3.81. The molecule has 6 aromatic rings. The van der Waals surface area contributed by atoms with E-state index in [1.165, 1.54) is 70.5 Å². The SMILES string of the molecule is O=C(C(CF)c1ccc(-c2ncn(-c3ccc(C(F)(F)F)cc3)n2)cc1)C(CF)c1ccc(-c2ncn(-c3ccc(C(F)(F)F)cc3)n2)cc1. The molecule has 2 aromatic heterocycles. The second-order valence-corrected chi connectivity index (χ2v) is 11.2. The molecule has 0 spiro atoms. The normalized spacial score (nSPS) is 13.3. The van der Waals surface area contributed by atoms with Crippen LogP contribution >= 0.6 is 0 Å². The number of carbonyl (C=O) groups is 1. The van der Waals surface area contributed by atoms with E-state index in [4.69, 9.17) is 0 Å². The van der Waals surface area contributed by atoms with E-state index in [9.17, 15) is 39.9 Å². The van der Waals surface area contributed by atoms with Crippen molar-refractivity contribution in [3.05, 3.63) is 132 Å². The molecule has 0 amide bonds. The number of aromatic nitrogens is 6. The largest absolute Gasteiger partial charge is 0.416 e. The van der Waals surface area contributed by atoms with Crippen LogP contribution in [0.15, 0.2) is 110 Å². The van der Waals surface area contributed by atoms with Crippen LogP contribution in [-0.4, -0.2) is 48.7 Å². The number of hydrogen-bond donors (Lipinski definition) is 0. The number of benzene rings is 4. The molecule has 0 N–H and O–H groups in total. The van der Waals surface area contributed by atoms with Gasteiger partial charge in [0.15, 0.2) is 17.4 Å². The van der Waals surface area contributed by atoms with Crippen molar-refractivity contribution in [3.63, 3.8) is 0 Å². The van der Waals surface area contributed by atoms with Gasteiger partial charge in [0.05, 0.1) is 34.3 Å². The molecular formula is C35H24F8N6O. The van der Waals surface area contributed by atoms with Crippen molar-refractivity contribution >= 4 is 5.78 Å². The van der Waals surface area contributed by atoms with Gasteiger partial charge in [-0.3, -0.25) is 4.79 Å². The molecule has 0 saturated carbocycles. The predicted molar refractivity (Wildman–Crippen MR) is 166 cm³/mol. The van der Waals surface area contributed by atoms with Crippen molar-refractivity contribution in [1.82, 2.24) is 29.5 Å². The van der Waals surface area contributed by atoms with E-state index in [-0.39, 0.29) is 11.6 Å². The minimum atomic E-state index is -4.48. The Morgan fingerprint density at radius 1 is 0.540 bits per heavy atom. The highest BCUT2D eigenvalue weighted by atomic mass is 19.4. The van der Waals surface area contributed by atoms with Crippen LogP contribution in [0.25, 0.3) is 34.2 Å². The molecular weight excluding hydrogens is 672 g/mol. The van der Waals surface area contributed by atoms with Crippen LogP contribution in [0.1, 0.15) is 34.1 Å². The van der Waals surface area contributed by atoms with E-state index in [1.54, 1.807) is 24.3 Å².